The largest absolute Gasteiger partial charge is 0.365 e. The van der Waals surface area contributed by atoms with Crippen molar-refractivity contribution >= 4 is 46.2 Å². The summed E-state index contributed by atoms with van der Waals surface area (Å²) in [4.78, 5) is 42.0. The molecular weight excluding hydrogens is 588 g/mol. The number of nitrogens with zero attached hydrogens (tertiary/aromatic N) is 6. The molecule has 3 fully saturated rings. The zero-order valence-corrected chi connectivity index (χ0v) is 26.0. The Bertz CT molecular complexity index is 1920. The first-order chi connectivity index (χ1) is 23.1. The Balaban J connectivity index is 0.838. The van der Waals surface area contributed by atoms with E-state index in [0.717, 1.165) is 71.7 Å². The van der Waals surface area contributed by atoms with E-state index in [1.807, 2.05) is 66.7 Å². The van der Waals surface area contributed by atoms with Gasteiger partial charge in [0.25, 0.3) is 0 Å². The van der Waals surface area contributed by atoms with E-state index in [1.165, 1.54) is 5.69 Å². The predicted octanol–water partition coefficient (Wildman–Crippen LogP) is 4.94. The van der Waals surface area contributed by atoms with Crippen molar-refractivity contribution in [2.45, 2.75) is 24.9 Å². The Morgan fingerprint density at radius 2 is 1.72 bits per heavy atom. The molecule has 236 valence electrons. The molecule has 10 heteroatoms. The highest BCUT2D eigenvalue weighted by Crippen LogP contribution is 2.35. The second-order valence-corrected chi connectivity index (χ2v) is 12.7. The minimum absolute atomic E-state index is 0.00936. The molecule has 0 unspecified atom stereocenters. The fourth-order valence-corrected chi connectivity index (χ4v) is 7.23. The van der Waals surface area contributed by atoms with Crippen molar-refractivity contribution < 1.29 is 9.59 Å². The highest BCUT2D eigenvalue weighted by molar-refractivity contribution is 5.97. The van der Waals surface area contributed by atoms with Crippen LogP contribution in [-0.2, 0) is 9.59 Å². The van der Waals surface area contributed by atoms with Gasteiger partial charge < -0.3 is 15.1 Å². The first-order valence-electron chi connectivity index (χ1n) is 16.3. The Kier molecular flexibility index (Phi) is 7.70. The van der Waals surface area contributed by atoms with Gasteiger partial charge in [0.05, 0.1) is 29.7 Å². The maximum Gasteiger partial charge on any atom is 0.237 e. The van der Waals surface area contributed by atoms with Gasteiger partial charge in [-0.3, -0.25) is 19.6 Å². The van der Waals surface area contributed by atoms with Crippen LogP contribution in [0.4, 0.5) is 11.4 Å². The number of H-pyrrole nitrogens is 1. The molecule has 3 saturated heterocycles. The highest BCUT2D eigenvalue weighted by Gasteiger charge is 2.45. The van der Waals surface area contributed by atoms with Crippen LogP contribution in [0.15, 0.2) is 91.3 Å². The first kappa shape index (κ1) is 29.1. The van der Waals surface area contributed by atoms with E-state index in [4.69, 9.17) is 0 Å². The number of rotatable bonds is 8. The molecule has 8 rings (SSSR count). The summed E-state index contributed by atoms with van der Waals surface area (Å²) < 4.78 is 0. The molecule has 2 amide bonds. The summed E-state index contributed by atoms with van der Waals surface area (Å²) in [7, 11) is 0. The van der Waals surface area contributed by atoms with Crippen LogP contribution in [0.3, 0.4) is 0 Å². The van der Waals surface area contributed by atoms with Gasteiger partial charge in [0.2, 0.25) is 11.8 Å². The van der Waals surface area contributed by atoms with Gasteiger partial charge in [0, 0.05) is 60.4 Å². The number of carbonyl (C=O) groups excluding carboxylic acids is 2. The van der Waals surface area contributed by atoms with Gasteiger partial charge in [-0.05, 0) is 79.6 Å². The van der Waals surface area contributed by atoms with Crippen LogP contribution in [0.2, 0.25) is 0 Å². The number of benzene rings is 3. The lowest BCUT2D eigenvalue weighted by Gasteiger charge is -2.36. The van der Waals surface area contributed by atoms with E-state index in [9.17, 15) is 9.59 Å². The van der Waals surface area contributed by atoms with Crippen molar-refractivity contribution in [3.63, 3.8) is 0 Å². The molecular formula is C37H36N8O2. The summed E-state index contributed by atoms with van der Waals surface area (Å²) in [5.41, 5.74) is 5.74. The Morgan fingerprint density at radius 3 is 2.51 bits per heavy atom. The van der Waals surface area contributed by atoms with Crippen LogP contribution in [0, 0.1) is 5.92 Å². The summed E-state index contributed by atoms with van der Waals surface area (Å²) >= 11 is 0. The number of aromatic nitrogens is 4. The maximum atomic E-state index is 13.4. The molecule has 47 heavy (non-hydrogen) atoms. The number of carbonyl (C=O) groups is 2. The molecule has 0 spiro atoms. The van der Waals surface area contributed by atoms with E-state index in [1.54, 1.807) is 12.4 Å². The number of hydrogen-bond donors (Lipinski definition) is 2. The lowest BCUT2D eigenvalue weighted by Crippen LogP contribution is -2.51. The number of fused-ring (bicyclic) bond motifs is 3. The van der Waals surface area contributed by atoms with Gasteiger partial charge >= 0.3 is 0 Å². The lowest BCUT2D eigenvalue weighted by atomic mass is 10.1. The number of aromatic amines is 1. The highest BCUT2D eigenvalue weighted by atomic mass is 16.2. The van der Waals surface area contributed by atoms with Crippen LogP contribution >= 0.6 is 0 Å². The molecule has 5 aromatic rings. The van der Waals surface area contributed by atoms with Crippen LogP contribution in [0.1, 0.15) is 24.1 Å². The average molecular weight is 625 g/mol. The molecule has 3 aliphatic heterocycles. The van der Waals surface area contributed by atoms with Crippen LogP contribution in [0.5, 0.6) is 0 Å². The number of anilines is 2. The lowest BCUT2D eigenvalue weighted by molar-refractivity contribution is -0.133. The summed E-state index contributed by atoms with van der Waals surface area (Å²) in [6.07, 6.45) is 9.24. The molecule has 2 bridgehead atoms. The second kappa shape index (κ2) is 12.4. The van der Waals surface area contributed by atoms with Crippen molar-refractivity contribution in [3.05, 3.63) is 103 Å². The van der Waals surface area contributed by atoms with Crippen molar-refractivity contribution in [2.24, 2.45) is 5.92 Å². The summed E-state index contributed by atoms with van der Waals surface area (Å²) in [5.74, 6) is 0.716. The van der Waals surface area contributed by atoms with Gasteiger partial charge in [0.1, 0.15) is 0 Å². The molecule has 5 heterocycles. The Labute approximate surface area is 273 Å². The van der Waals surface area contributed by atoms with Gasteiger partial charge in [-0.2, -0.15) is 5.10 Å². The topological polar surface area (TPSA) is 110 Å². The monoisotopic (exact) mass is 624 g/mol. The molecule has 3 atom stereocenters. The number of piperazine rings is 1. The number of amides is 2. The van der Waals surface area contributed by atoms with Crippen molar-refractivity contribution in [1.29, 1.82) is 0 Å². The molecule has 10 nitrogen and oxygen atoms in total. The fourth-order valence-electron chi connectivity index (χ4n) is 7.23. The van der Waals surface area contributed by atoms with Gasteiger partial charge in [0.15, 0.2) is 5.82 Å². The molecule has 3 aliphatic rings. The molecule has 0 radical (unpaired) electrons. The minimum atomic E-state index is -0.157. The zero-order chi connectivity index (χ0) is 31.7. The van der Waals surface area contributed by atoms with E-state index in [0.29, 0.717) is 19.1 Å². The second-order valence-electron chi connectivity index (χ2n) is 12.7. The average Bonchev–Trinajstić information content (AvgIpc) is 3.93. The van der Waals surface area contributed by atoms with Crippen molar-refractivity contribution in [2.75, 3.05) is 42.9 Å². The van der Waals surface area contributed by atoms with Crippen LogP contribution < -0.4 is 10.2 Å². The third-order valence-corrected chi connectivity index (χ3v) is 9.68. The van der Waals surface area contributed by atoms with Gasteiger partial charge in [-0.15, -0.1) is 0 Å². The third kappa shape index (κ3) is 5.99. The van der Waals surface area contributed by atoms with Crippen LogP contribution in [0.25, 0.3) is 34.4 Å². The van der Waals surface area contributed by atoms with E-state index < -0.39 is 0 Å². The molecule has 2 N–H and O–H groups in total. The quantitative estimate of drug-likeness (QED) is 0.252. The normalized spacial score (nSPS) is 20.9. The van der Waals surface area contributed by atoms with Crippen molar-refractivity contribution in [1.82, 2.24) is 30.0 Å². The van der Waals surface area contributed by atoms with Crippen molar-refractivity contribution in [3.8, 4) is 11.4 Å². The summed E-state index contributed by atoms with van der Waals surface area (Å²) in [5, 5.41) is 11.6. The third-order valence-electron chi connectivity index (χ3n) is 9.68. The first-order valence-corrected chi connectivity index (χ1v) is 16.3. The number of nitrogens with one attached hydrogen (secondary N) is 2. The number of hydrogen-bond acceptors (Lipinski definition) is 7. The molecule has 3 aromatic carbocycles. The molecule has 0 aliphatic carbocycles. The van der Waals surface area contributed by atoms with Gasteiger partial charge in [-0.25, -0.2) is 9.97 Å². The SMILES string of the molecule is O=C(Nc1ccc2[nH]nc(/C=C/c3ccccc3)c2c1)[C@@H]1CCN(CC(=O)N2C[C@H]3C[C@@H]2CN3c2ccc(-c3ncccn3)cc2)C1. The fraction of sp³-hybridized carbons (Fsp3) is 0.270. The smallest absolute Gasteiger partial charge is 0.237 e. The summed E-state index contributed by atoms with van der Waals surface area (Å²) in [6.45, 7) is 3.26. The minimum Gasteiger partial charge on any atom is -0.365 e. The number of likely N-dealkylation sites (tertiary alicyclic amines) is 2. The zero-order valence-electron chi connectivity index (χ0n) is 26.0. The molecule has 2 aromatic heterocycles. The maximum absolute atomic E-state index is 13.4. The van der Waals surface area contributed by atoms with E-state index >= 15 is 0 Å². The van der Waals surface area contributed by atoms with E-state index in [2.05, 4.69) is 64.4 Å². The van der Waals surface area contributed by atoms with Gasteiger partial charge in [-0.1, -0.05) is 36.4 Å². The molecule has 0 saturated carbocycles. The Hall–Kier alpha value is -5.35. The Morgan fingerprint density at radius 1 is 0.894 bits per heavy atom. The van der Waals surface area contributed by atoms with E-state index in [-0.39, 0.29) is 23.8 Å². The standard InChI is InChI=1S/C37H36N8O2/c46-35(45-23-30-20-31(45)22-44(30)29-11-8-26(9-12-29)36-38-16-4-17-39-36)24-43-18-15-27(21-43)37(47)40-28-10-14-34-32(19-28)33(41-42-34)13-7-25-5-2-1-3-6-25/h1-14,16-17,19,27,30-31H,15,18,20-24H2,(H,40,47)(H,41,42)/b13-7+/t27-,30-,31-/m1/s1. The summed E-state index contributed by atoms with van der Waals surface area (Å²) in [6, 6.07) is 26.6. The van der Waals surface area contributed by atoms with Crippen LogP contribution in [-0.4, -0.2) is 86.6 Å². The predicted molar refractivity (Wildman–Crippen MR) is 183 cm³/mol.